The lowest BCUT2D eigenvalue weighted by atomic mass is 10.1. The van der Waals surface area contributed by atoms with Crippen molar-refractivity contribution in [2.75, 3.05) is 5.75 Å². The summed E-state index contributed by atoms with van der Waals surface area (Å²) in [7, 11) is 0. The van der Waals surface area contributed by atoms with Gasteiger partial charge in [-0.15, -0.1) is 0 Å². The van der Waals surface area contributed by atoms with E-state index in [1.165, 1.54) is 5.56 Å². The lowest BCUT2D eigenvalue weighted by Gasteiger charge is -1.97. The zero-order valence-corrected chi connectivity index (χ0v) is 9.24. The lowest BCUT2D eigenvalue weighted by molar-refractivity contribution is 1.42. The minimum Gasteiger partial charge on any atom is -0.166 e. The van der Waals surface area contributed by atoms with Crippen molar-refractivity contribution in [3.63, 3.8) is 0 Å². The average Bonchev–Trinajstić information content (AvgIpc) is 2.03. The zero-order valence-electron chi connectivity index (χ0n) is 6.76. The van der Waals surface area contributed by atoms with E-state index in [4.69, 9.17) is 0 Å². The quantitative estimate of drug-likeness (QED) is 0.523. The van der Waals surface area contributed by atoms with Gasteiger partial charge >= 0.3 is 0 Å². The van der Waals surface area contributed by atoms with Crippen LogP contribution in [0.5, 0.6) is 0 Å². The molecular weight excluding hydrogens is 232 g/mol. The lowest BCUT2D eigenvalue weighted by Crippen LogP contribution is -1.81. The van der Waals surface area contributed by atoms with Crippen molar-refractivity contribution in [3.05, 3.63) is 33.8 Å². The van der Waals surface area contributed by atoms with Crippen LogP contribution in [0.1, 0.15) is 11.1 Å². The summed E-state index contributed by atoms with van der Waals surface area (Å²) in [4.78, 5) is 0. The highest BCUT2D eigenvalue weighted by molar-refractivity contribution is 9.10. The van der Waals surface area contributed by atoms with Gasteiger partial charge in [0.2, 0.25) is 0 Å². The van der Waals surface area contributed by atoms with Gasteiger partial charge in [-0.05, 0) is 30.7 Å². The summed E-state index contributed by atoms with van der Waals surface area (Å²) < 4.78 is 1.09. The molecule has 0 nitrogen and oxygen atoms in total. The normalized spacial score (nSPS) is 8.92. The van der Waals surface area contributed by atoms with E-state index in [0.717, 1.165) is 10.0 Å². The maximum Gasteiger partial charge on any atom is 0.0521 e. The molecule has 62 valence electrons. The summed E-state index contributed by atoms with van der Waals surface area (Å²) in [6.45, 7) is 2.05. The number of benzene rings is 1. The molecule has 0 saturated carbocycles. The van der Waals surface area contributed by atoms with Crippen LogP contribution in [0.2, 0.25) is 0 Å². The molecule has 0 aromatic heterocycles. The predicted octanol–water partition coefficient (Wildman–Crippen LogP) is 3.04. The Morgan fingerprint density at radius 1 is 1.50 bits per heavy atom. The Labute approximate surface area is 86.9 Å². The molecule has 0 saturated heterocycles. The molecule has 0 spiro atoms. The molecule has 0 aliphatic heterocycles. The smallest absolute Gasteiger partial charge is 0.0521 e. The van der Waals surface area contributed by atoms with E-state index >= 15 is 0 Å². The highest BCUT2D eigenvalue weighted by atomic mass is 79.9. The molecule has 0 radical (unpaired) electrons. The SMILES string of the molecule is Cc1cc(Br)ccc1C#CCS. The monoisotopic (exact) mass is 240 g/mol. The summed E-state index contributed by atoms with van der Waals surface area (Å²) in [5, 5.41) is 0. The van der Waals surface area contributed by atoms with Crippen LogP contribution in [-0.2, 0) is 0 Å². The Balaban J connectivity index is 3.01. The van der Waals surface area contributed by atoms with Gasteiger partial charge in [-0.1, -0.05) is 27.8 Å². The Morgan fingerprint density at radius 2 is 2.25 bits per heavy atom. The minimum atomic E-state index is 0.607. The molecule has 1 rings (SSSR count). The van der Waals surface area contributed by atoms with Crippen molar-refractivity contribution in [3.8, 4) is 11.8 Å². The molecule has 12 heavy (non-hydrogen) atoms. The number of hydrogen-bond acceptors (Lipinski definition) is 1. The second-order valence-corrected chi connectivity index (χ2v) is 3.65. The van der Waals surface area contributed by atoms with Gasteiger partial charge in [-0.2, -0.15) is 12.6 Å². The second kappa shape index (κ2) is 4.59. The molecule has 0 amide bonds. The van der Waals surface area contributed by atoms with Crippen molar-refractivity contribution in [2.45, 2.75) is 6.92 Å². The number of hydrogen-bond donors (Lipinski definition) is 1. The fraction of sp³-hybridized carbons (Fsp3) is 0.200. The molecule has 1 aromatic rings. The highest BCUT2D eigenvalue weighted by Crippen LogP contribution is 2.14. The topological polar surface area (TPSA) is 0 Å². The third kappa shape index (κ3) is 2.58. The molecule has 0 atom stereocenters. The van der Waals surface area contributed by atoms with E-state index in [1.807, 2.05) is 19.1 Å². The largest absolute Gasteiger partial charge is 0.166 e. The Morgan fingerprint density at radius 3 is 2.83 bits per heavy atom. The minimum absolute atomic E-state index is 0.607. The van der Waals surface area contributed by atoms with Gasteiger partial charge in [-0.25, -0.2) is 0 Å². The van der Waals surface area contributed by atoms with E-state index in [1.54, 1.807) is 0 Å². The van der Waals surface area contributed by atoms with E-state index in [9.17, 15) is 0 Å². The highest BCUT2D eigenvalue weighted by Gasteiger charge is 1.93. The number of rotatable bonds is 0. The zero-order chi connectivity index (χ0) is 8.97. The molecule has 0 N–H and O–H groups in total. The van der Waals surface area contributed by atoms with Crippen LogP contribution in [-0.4, -0.2) is 5.75 Å². The molecule has 0 bridgehead atoms. The van der Waals surface area contributed by atoms with Gasteiger partial charge in [-0.3, -0.25) is 0 Å². The van der Waals surface area contributed by atoms with Crippen LogP contribution < -0.4 is 0 Å². The van der Waals surface area contributed by atoms with Crippen LogP contribution >= 0.6 is 28.6 Å². The molecule has 2 heteroatoms. The molecule has 1 aromatic carbocycles. The third-order valence-corrected chi connectivity index (χ3v) is 2.14. The maximum atomic E-state index is 4.02. The summed E-state index contributed by atoms with van der Waals surface area (Å²) in [5.74, 6) is 6.57. The average molecular weight is 241 g/mol. The first kappa shape index (κ1) is 9.70. The first-order chi connectivity index (χ1) is 5.74. The fourth-order valence-corrected chi connectivity index (χ4v) is 1.46. The van der Waals surface area contributed by atoms with E-state index in [0.29, 0.717) is 5.75 Å². The Hall–Kier alpha value is -0.390. The second-order valence-electron chi connectivity index (χ2n) is 2.42. The van der Waals surface area contributed by atoms with Gasteiger partial charge in [0.1, 0.15) is 0 Å². The van der Waals surface area contributed by atoms with Gasteiger partial charge in [0.05, 0.1) is 5.75 Å². The van der Waals surface area contributed by atoms with Crippen molar-refractivity contribution < 1.29 is 0 Å². The van der Waals surface area contributed by atoms with E-state index < -0.39 is 0 Å². The van der Waals surface area contributed by atoms with Crippen LogP contribution in [0.3, 0.4) is 0 Å². The Kier molecular flexibility index (Phi) is 3.71. The van der Waals surface area contributed by atoms with Crippen LogP contribution in [0.25, 0.3) is 0 Å². The summed E-state index contributed by atoms with van der Waals surface area (Å²) in [5.41, 5.74) is 2.27. The number of halogens is 1. The van der Waals surface area contributed by atoms with Crippen LogP contribution in [0, 0.1) is 18.8 Å². The summed E-state index contributed by atoms with van der Waals surface area (Å²) in [6.07, 6.45) is 0. The molecule has 0 aliphatic carbocycles. The molecular formula is C10H9BrS. The van der Waals surface area contributed by atoms with Crippen molar-refractivity contribution in [1.29, 1.82) is 0 Å². The van der Waals surface area contributed by atoms with Gasteiger partial charge in [0.25, 0.3) is 0 Å². The van der Waals surface area contributed by atoms with Crippen molar-refractivity contribution in [2.24, 2.45) is 0 Å². The maximum absolute atomic E-state index is 4.02. The van der Waals surface area contributed by atoms with Gasteiger partial charge in [0, 0.05) is 10.0 Å². The predicted molar refractivity (Wildman–Crippen MR) is 59.6 cm³/mol. The van der Waals surface area contributed by atoms with Gasteiger partial charge < -0.3 is 0 Å². The van der Waals surface area contributed by atoms with Crippen molar-refractivity contribution in [1.82, 2.24) is 0 Å². The van der Waals surface area contributed by atoms with Crippen molar-refractivity contribution >= 4 is 28.6 Å². The summed E-state index contributed by atoms with van der Waals surface area (Å²) in [6, 6.07) is 6.06. The number of aryl methyl sites for hydroxylation is 1. The molecule has 0 unspecified atom stereocenters. The molecule has 0 fully saturated rings. The number of thiol groups is 1. The fourth-order valence-electron chi connectivity index (χ4n) is 0.902. The third-order valence-electron chi connectivity index (χ3n) is 1.49. The first-order valence-electron chi connectivity index (χ1n) is 3.60. The molecule has 0 aliphatic rings. The van der Waals surface area contributed by atoms with E-state index in [-0.39, 0.29) is 0 Å². The van der Waals surface area contributed by atoms with Gasteiger partial charge in [0.15, 0.2) is 0 Å². The van der Waals surface area contributed by atoms with E-state index in [2.05, 4.69) is 46.5 Å². The van der Waals surface area contributed by atoms with Crippen LogP contribution in [0.4, 0.5) is 0 Å². The Bertz CT molecular complexity index is 333. The summed E-state index contributed by atoms with van der Waals surface area (Å²) >= 11 is 7.42. The van der Waals surface area contributed by atoms with Crippen LogP contribution in [0.15, 0.2) is 22.7 Å². The standard InChI is InChI=1S/C10H9BrS/c1-8-7-10(11)5-4-9(8)3-2-6-12/h4-5,7,12H,6H2,1H3. The first-order valence-corrected chi connectivity index (χ1v) is 5.02. The molecule has 0 heterocycles.